The molecular formula is C14H20N2O7. The third-order valence-corrected chi connectivity index (χ3v) is 3.27. The van der Waals surface area contributed by atoms with E-state index in [0.717, 1.165) is 18.9 Å². The number of hydrazine groups is 1. The average molecular weight is 328 g/mol. The summed E-state index contributed by atoms with van der Waals surface area (Å²) in [6, 6.07) is -0.929. The summed E-state index contributed by atoms with van der Waals surface area (Å²) in [7, 11) is 0. The van der Waals surface area contributed by atoms with Gasteiger partial charge >= 0.3 is 11.9 Å². The lowest BCUT2D eigenvalue weighted by molar-refractivity contribution is -0.180. The normalized spacial score (nSPS) is 20.0. The van der Waals surface area contributed by atoms with E-state index in [2.05, 4.69) is 0 Å². The summed E-state index contributed by atoms with van der Waals surface area (Å²) < 4.78 is 10.2. The van der Waals surface area contributed by atoms with Crippen LogP contribution in [-0.4, -0.2) is 57.9 Å². The molecule has 0 aromatic heterocycles. The zero-order valence-electron chi connectivity index (χ0n) is 13.7. The average Bonchev–Trinajstić information content (AvgIpc) is 2.72. The van der Waals surface area contributed by atoms with Gasteiger partial charge in [-0.05, 0) is 6.92 Å². The van der Waals surface area contributed by atoms with Crippen LogP contribution >= 0.6 is 0 Å². The summed E-state index contributed by atoms with van der Waals surface area (Å²) in [6.45, 7) is 6.15. The number of esters is 2. The number of rotatable bonds is 4. The second-order valence-corrected chi connectivity index (χ2v) is 5.25. The Balaban J connectivity index is 3.19. The zero-order valence-corrected chi connectivity index (χ0v) is 13.7. The van der Waals surface area contributed by atoms with E-state index >= 15 is 0 Å². The Hall–Kier alpha value is -2.45. The molecule has 0 bridgehead atoms. The minimum absolute atomic E-state index is 0.220. The van der Waals surface area contributed by atoms with Gasteiger partial charge in [0.1, 0.15) is 12.1 Å². The van der Waals surface area contributed by atoms with Crippen LogP contribution < -0.4 is 0 Å². The number of imide groups is 1. The van der Waals surface area contributed by atoms with Gasteiger partial charge in [-0.25, -0.2) is 5.01 Å². The molecule has 3 amide bonds. The van der Waals surface area contributed by atoms with E-state index in [9.17, 15) is 24.0 Å². The first-order valence-electron chi connectivity index (χ1n) is 7.04. The van der Waals surface area contributed by atoms with Crippen LogP contribution in [0.25, 0.3) is 0 Å². The van der Waals surface area contributed by atoms with Gasteiger partial charge in [0.05, 0.1) is 6.42 Å². The van der Waals surface area contributed by atoms with E-state index in [1.165, 1.54) is 20.8 Å². The van der Waals surface area contributed by atoms with Crippen LogP contribution in [0, 0.1) is 0 Å². The molecule has 0 aliphatic carbocycles. The lowest BCUT2D eigenvalue weighted by atomic mass is 10.0. The lowest BCUT2D eigenvalue weighted by Gasteiger charge is -2.34. The van der Waals surface area contributed by atoms with Gasteiger partial charge in [0, 0.05) is 27.7 Å². The number of carbonyl (C=O) groups is 5. The van der Waals surface area contributed by atoms with Gasteiger partial charge in [-0.3, -0.25) is 24.0 Å². The van der Waals surface area contributed by atoms with Crippen molar-refractivity contribution < 1.29 is 33.4 Å². The summed E-state index contributed by atoms with van der Waals surface area (Å²) >= 11 is 0. The summed E-state index contributed by atoms with van der Waals surface area (Å²) in [6.07, 6.45) is -2.19. The van der Waals surface area contributed by atoms with Crippen molar-refractivity contribution in [2.45, 2.75) is 59.3 Å². The molecule has 9 nitrogen and oxygen atoms in total. The molecule has 23 heavy (non-hydrogen) atoms. The van der Waals surface area contributed by atoms with E-state index in [4.69, 9.17) is 9.47 Å². The second-order valence-electron chi connectivity index (χ2n) is 5.25. The summed E-state index contributed by atoms with van der Waals surface area (Å²) in [5, 5.41) is 1.66. The minimum Gasteiger partial charge on any atom is -0.459 e. The zero-order chi connectivity index (χ0) is 17.9. The summed E-state index contributed by atoms with van der Waals surface area (Å²) in [4.78, 5) is 58.0. The second kappa shape index (κ2) is 7.21. The Kier molecular flexibility index (Phi) is 5.83. The SMILES string of the molecule is CC(=O)O[C@@H]([C@H](C)OC(C)=O)[C@H]1CC(=O)N(C(C)=O)N1C(C)=O. The topological polar surface area (TPSA) is 110 Å². The fourth-order valence-electron chi connectivity index (χ4n) is 2.59. The first kappa shape index (κ1) is 18.6. The van der Waals surface area contributed by atoms with Gasteiger partial charge in [0.15, 0.2) is 6.10 Å². The Labute approximate surface area is 133 Å². The maximum Gasteiger partial charge on any atom is 0.303 e. The van der Waals surface area contributed by atoms with Crippen LogP contribution in [0.3, 0.4) is 0 Å². The molecule has 1 saturated heterocycles. The Morgan fingerprint density at radius 2 is 1.52 bits per heavy atom. The highest BCUT2D eigenvalue weighted by atomic mass is 16.6. The summed E-state index contributed by atoms with van der Waals surface area (Å²) in [5.74, 6) is -3.05. The number of carbonyl (C=O) groups excluding carboxylic acids is 5. The Morgan fingerprint density at radius 1 is 1.00 bits per heavy atom. The van der Waals surface area contributed by atoms with E-state index in [1.807, 2.05) is 0 Å². The fourth-order valence-corrected chi connectivity index (χ4v) is 2.59. The highest BCUT2D eigenvalue weighted by Crippen LogP contribution is 2.27. The number of hydrogen-bond acceptors (Lipinski definition) is 7. The van der Waals surface area contributed by atoms with E-state index < -0.39 is 47.9 Å². The molecular weight excluding hydrogens is 308 g/mol. The van der Waals surface area contributed by atoms with Crippen molar-refractivity contribution in [3.05, 3.63) is 0 Å². The predicted molar refractivity (Wildman–Crippen MR) is 75.2 cm³/mol. The van der Waals surface area contributed by atoms with Crippen molar-refractivity contribution in [3.8, 4) is 0 Å². The van der Waals surface area contributed by atoms with E-state index in [0.29, 0.717) is 5.01 Å². The van der Waals surface area contributed by atoms with Crippen molar-refractivity contribution in [2.75, 3.05) is 0 Å². The maximum absolute atomic E-state index is 12.0. The van der Waals surface area contributed by atoms with Crippen LogP contribution in [0.2, 0.25) is 0 Å². The largest absolute Gasteiger partial charge is 0.459 e. The third-order valence-electron chi connectivity index (χ3n) is 3.27. The predicted octanol–water partition coefficient (Wildman–Crippen LogP) is -0.219. The molecule has 1 rings (SSSR count). The molecule has 1 aliphatic rings. The number of nitrogens with zero attached hydrogens (tertiary/aromatic N) is 2. The van der Waals surface area contributed by atoms with Gasteiger partial charge in [-0.2, -0.15) is 5.01 Å². The van der Waals surface area contributed by atoms with Crippen LogP contribution in [0.4, 0.5) is 0 Å². The molecule has 1 heterocycles. The standard InChI is InChI=1S/C14H20N2O7/c1-7(22-10(4)19)14(23-11(5)20)12-6-13(21)16(9(3)18)15(12)8(2)17/h7,12,14H,6H2,1-5H3/t7-,12+,14-/m0/s1. The number of amides is 3. The van der Waals surface area contributed by atoms with Crippen molar-refractivity contribution in [1.82, 2.24) is 10.0 Å². The molecule has 0 saturated carbocycles. The fraction of sp³-hybridized carbons (Fsp3) is 0.643. The van der Waals surface area contributed by atoms with Gasteiger partial charge in [0.2, 0.25) is 11.8 Å². The minimum atomic E-state index is -1.08. The third kappa shape index (κ3) is 4.27. The quantitative estimate of drug-likeness (QED) is 0.656. The molecule has 0 aromatic carbocycles. The van der Waals surface area contributed by atoms with Gasteiger partial charge < -0.3 is 9.47 Å². The Bertz CT molecular complexity index is 545. The lowest BCUT2D eigenvalue weighted by Crippen LogP contribution is -2.54. The molecule has 1 fully saturated rings. The molecule has 0 unspecified atom stereocenters. The summed E-state index contributed by atoms with van der Waals surface area (Å²) in [5.41, 5.74) is 0. The van der Waals surface area contributed by atoms with Crippen molar-refractivity contribution in [1.29, 1.82) is 0 Å². The molecule has 0 N–H and O–H groups in total. The number of ether oxygens (including phenoxy) is 2. The van der Waals surface area contributed by atoms with Crippen molar-refractivity contribution in [3.63, 3.8) is 0 Å². The molecule has 9 heteroatoms. The van der Waals surface area contributed by atoms with Gasteiger partial charge in [-0.1, -0.05) is 0 Å². The van der Waals surface area contributed by atoms with E-state index in [1.54, 1.807) is 0 Å². The molecule has 0 spiro atoms. The molecule has 3 atom stereocenters. The smallest absolute Gasteiger partial charge is 0.303 e. The maximum atomic E-state index is 12.0. The Morgan fingerprint density at radius 3 is 1.91 bits per heavy atom. The van der Waals surface area contributed by atoms with Crippen molar-refractivity contribution >= 4 is 29.7 Å². The highest BCUT2D eigenvalue weighted by molar-refractivity contribution is 5.98. The van der Waals surface area contributed by atoms with Gasteiger partial charge in [0.25, 0.3) is 5.91 Å². The van der Waals surface area contributed by atoms with Crippen LogP contribution in [0.1, 0.15) is 41.0 Å². The molecule has 1 aliphatic heterocycles. The monoisotopic (exact) mass is 328 g/mol. The first-order chi connectivity index (χ1) is 10.6. The number of hydrogen-bond donors (Lipinski definition) is 0. The molecule has 128 valence electrons. The van der Waals surface area contributed by atoms with Gasteiger partial charge in [-0.15, -0.1) is 0 Å². The van der Waals surface area contributed by atoms with Crippen LogP contribution in [0.5, 0.6) is 0 Å². The van der Waals surface area contributed by atoms with Crippen molar-refractivity contribution in [2.24, 2.45) is 0 Å². The highest BCUT2D eigenvalue weighted by Gasteiger charge is 2.49. The molecule has 0 aromatic rings. The van der Waals surface area contributed by atoms with Crippen LogP contribution in [-0.2, 0) is 33.4 Å². The molecule has 0 radical (unpaired) electrons. The van der Waals surface area contributed by atoms with Crippen LogP contribution in [0.15, 0.2) is 0 Å². The first-order valence-corrected chi connectivity index (χ1v) is 7.04. The van der Waals surface area contributed by atoms with E-state index in [-0.39, 0.29) is 6.42 Å².